The highest BCUT2D eigenvalue weighted by atomic mass is 35.5. The lowest BCUT2D eigenvalue weighted by Gasteiger charge is -2.19. The number of aliphatic imine (C=N–C) groups is 1. The predicted octanol–water partition coefficient (Wildman–Crippen LogP) is 3.90. The average molecular weight is 438 g/mol. The van der Waals surface area contributed by atoms with Crippen molar-refractivity contribution in [1.82, 2.24) is 20.1 Å². The first-order chi connectivity index (χ1) is 14.9. The number of ether oxygens (including phenoxy) is 1. The molecular weight excluding hydrogens is 414 g/mol. The first-order valence-electron chi connectivity index (χ1n) is 10.2. The summed E-state index contributed by atoms with van der Waals surface area (Å²) < 4.78 is 7.46. The van der Waals surface area contributed by atoms with Crippen LogP contribution in [0.15, 0.2) is 47.5 Å². The summed E-state index contributed by atoms with van der Waals surface area (Å²) in [5.74, 6) is 1.54. The van der Waals surface area contributed by atoms with E-state index in [1.165, 1.54) is 0 Å². The Morgan fingerprint density at radius 1 is 1.23 bits per heavy atom. The number of benzene rings is 2. The molecule has 0 fully saturated rings. The van der Waals surface area contributed by atoms with Crippen LogP contribution in [0.5, 0.6) is 5.75 Å². The Morgan fingerprint density at radius 2 is 1.97 bits per heavy atom. The van der Waals surface area contributed by atoms with E-state index in [1.54, 1.807) is 7.11 Å². The molecule has 2 heterocycles. The van der Waals surface area contributed by atoms with Crippen molar-refractivity contribution in [1.29, 1.82) is 0 Å². The van der Waals surface area contributed by atoms with Gasteiger partial charge in [-0.05, 0) is 44.2 Å². The number of nitrogens with one attached hydrogen (secondary N) is 1. The normalized spacial score (nSPS) is 15.9. The molecule has 31 heavy (non-hydrogen) atoms. The van der Waals surface area contributed by atoms with E-state index in [0.717, 1.165) is 28.4 Å². The van der Waals surface area contributed by atoms with Crippen molar-refractivity contribution in [3.05, 3.63) is 70.3 Å². The topological polar surface area (TPSA) is 81.4 Å². The van der Waals surface area contributed by atoms with Gasteiger partial charge in [0.25, 0.3) is 0 Å². The van der Waals surface area contributed by atoms with Crippen LogP contribution >= 0.6 is 11.6 Å². The van der Waals surface area contributed by atoms with Crippen LogP contribution in [0.25, 0.3) is 5.69 Å². The fraction of sp³-hybridized carbons (Fsp3) is 0.304. The number of fused-ring (bicyclic) bond motifs is 3. The third-order valence-electron chi connectivity index (χ3n) is 5.44. The van der Waals surface area contributed by atoms with Crippen LogP contribution in [0.3, 0.4) is 0 Å². The minimum absolute atomic E-state index is 0.0811. The SMILES string of the molecule is CCNC(=O)[C@H](C)[C@@H]1N=C(c2ccc(Cl)cc2)c2cc(OC)ccc2-n2c(C)nnc21. The fourth-order valence-electron chi connectivity index (χ4n) is 3.81. The molecule has 0 radical (unpaired) electrons. The molecule has 1 aromatic heterocycles. The Hall–Kier alpha value is -3.19. The molecule has 0 bridgehead atoms. The maximum atomic E-state index is 12.8. The number of carbonyl (C=O) groups is 1. The van der Waals surface area contributed by atoms with Gasteiger partial charge < -0.3 is 10.1 Å². The Balaban J connectivity index is 2.00. The summed E-state index contributed by atoms with van der Waals surface area (Å²) in [7, 11) is 1.63. The zero-order valence-electron chi connectivity index (χ0n) is 17.9. The Kier molecular flexibility index (Phi) is 5.78. The Labute approximate surface area is 186 Å². The third-order valence-corrected chi connectivity index (χ3v) is 5.69. The second-order valence-electron chi connectivity index (χ2n) is 7.44. The summed E-state index contributed by atoms with van der Waals surface area (Å²) in [5.41, 5.74) is 3.40. The third kappa shape index (κ3) is 3.81. The van der Waals surface area contributed by atoms with Crippen molar-refractivity contribution in [3.63, 3.8) is 0 Å². The van der Waals surface area contributed by atoms with E-state index in [2.05, 4.69) is 15.5 Å². The lowest BCUT2D eigenvalue weighted by atomic mass is 9.98. The van der Waals surface area contributed by atoms with Crippen LogP contribution in [0.2, 0.25) is 5.02 Å². The highest BCUT2D eigenvalue weighted by molar-refractivity contribution is 6.30. The fourth-order valence-corrected chi connectivity index (χ4v) is 3.94. The molecule has 3 aromatic rings. The molecule has 0 unspecified atom stereocenters. The molecule has 0 aliphatic carbocycles. The predicted molar refractivity (Wildman–Crippen MR) is 120 cm³/mol. The molecule has 1 aliphatic heterocycles. The Bertz CT molecular complexity index is 1150. The van der Waals surface area contributed by atoms with Crippen LogP contribution in [0.1, 0.15) is 42.7 Å². The van der Waals surface area contributed by atoms with Gasteiger partial charge in [-0.1, -0.05) is 30.7 Å². The Morgan fingerprint density at radius 3 is 2.65 bits per heavy atom. The van der Waals surface area contributed by atoms with E-state index in [4.69, 9.17) is 21.3 Å². The molecule has 2 atom stereocenters. The van der Waals surface area contributed by atoms with E-state index in [1.807, 2.05) is 67.8 Å². The molecule has 1 amide bonds. The van der Waals surface area contributed by atoms with Crippen LogP contribution in [0, 0.1) is 12.8 Å². The quantitative estimate of drug-likeness (QED) is 0.656. The minimum atomic E-state index is -0.517. The maximum absolute atomic E-state index is 12.8. The van der Waals surface area contributed by atoms with Crippen LogP contribution in [0.4, 0.5) is 0 Å². The summed E-state index contributed by atoms with van der Waals surface area (Å²) in [5, 5.41) is 12.3. The molecule has 1 N–H and O–H groups in total. The number of carbonyl (C=O) groups excluding carboxylic acids is 1. The van der Waals surface area contributed by atoms with Gasteiger partial charge in [0.05, 0.1) is 24.4 Å². The van der Waals surface area contributed by atoms with Crippen molar-refractivity contribution in [2.45, 2.75) is 26.8 Å². The monoisotopic (exact) mass is 437 g/mol. The van der Waals surface area contributed by atoms with Crippen LogP contribution in [-0.4, -0.2) is 40.0 Å². The van der Waals surface area contributed by atoms with Gasteiger partial charge in [0.15, 0.2) is 5.82 Å². The van der Waals surface area contributed by atoms with Crippen molar-refractivity contribution in [2.75, 3.05) is 13.7 Å². The summed E-state index contributed by atoms with van der Waals surface area (Å²) in [4.78, 5) is 17.8. The van der Waals surface area contributed by atoms with Crippen molar-refractivity contribution < 1.29 is 9.53 Å². The van der Waals surface area contributed by atoms with Crippen molar-refractivity contribution >= 4 is 23.2 Å². The number of rotatable bonds is 5. The summed E-state index contributed by atoms with van der Waals surface area (Å²) in [6, 6.07) is 12.8. The summed E-state index contributed by atoms with van der Waals surface area (Å²) in [6.07, 6.45) is 0. The van der Waals surface area contributed by atoms with Gasteiger partial charge in [-0.15, -0.1) is 10.2 Å². The lowest BCUT2D eigenvalue weighted by molar-refractivity contribution is -0.125. The smallest absolute Gasteiger partial charge is 0.225 e. The lowest BCUT2D eigenvalue weighted by Crippen LogP contribution is -2.32. The zero-order valence-corrected chi connectivity index (χ0v) is 18.6. The maximum Gasteiger partial charge on any atom is 0.225 e. The molecular formula is C23H24ClN5O2. The highest BCUT2D eigenvalue weighted by Crippen LogP contribution is 2.36. The minimum Gasteiger partial charge on any atom is -0.497 e. The molecule has 1 aliphatic rings. The standard InChI is InChI=1S/C23H24ClN5O2/c1-5-25-23(30)13(2)20-22-28-27-14(3)29(22)19-11-10-17(31-4)12-18(19)21(26-20)15-6-8-16(24)9-7-15/h6-13,20H,5H2,1-4H3,(H,25,30)/t13-,20+/m1/s1. The second-order valence-corrected chi connectivity index (χ2v) is 7.87. The number of methoxy groups -OCH3 is 1. The molecule has 4 rings (SSSR count). The summed E-state index contributed by atoms with van der Waals surface area (Å²) >= 11 is 6.13. The average Bonchev–Trinajstić information content (AvgIpc) is 3.08. The number of hydrogen-bond acceptors (Lipinski definition) is 5. The number of aromatic nitrogens is 3. The van der Waals surface area contributed by atoms with Crippen LogP contribution in [-0.2, 0) is 4.79 Å². The van der Waals surface area contributed by atoms with E-state index in [9.17, 15) is 4.79 Å². The van der Waals surface area contributed by atoms with Crippen molar-refractivity contribution in [2.24, 2.45) is 10.9 Å². The van der Waals surface area contributed by atoms with Gasteiger partial charge in [-0.25, -0.2) is 0 Å². The molecule has 7 nitrogen and oxygen atoms in total. The van der Waals surface area contributed by atoms with E-state index in [-0.39, 0.29) is 5.91 Å². The van der Waals surface area contributed by atoms with E-state index >= 15 is 0 Å². The van der Waals surface area contributed by atoms with E-state index < -0.39 is 12.0 Å². The largest absolute Gasteiger partial charge is 0.497 e. The van der Waals surface area contributed by atoms with Gasteiger partial charge >= 0.3 is 0 Å². The van der Waals surface area contributed by atoms with Gasteiger partial charge in [-0.3, -0.25) is 14.4 Å². The van der Waals surface area contributed by atoms with Gasteiger partial charge in [0.2, 0.25) is 5.91 Å². The number of hydrogen-bond donors (Lipinski definition) is 1. The number of nitrogens with zero attached hydrogens (tertiary/aromatic N) is 4. The molecule has 8 heteroatoms. The second kappa shape index (κ2) is 8.51. The highest BCUT2D eigenvalue weighted by Gasteiger charge is 2.34. The number of aryl methyl sites for hydroxylation is 1. The molecule has 0 saturated heterocycles. The first-order valence-corrected chi connectivity index (χ1v) is 10.5. The molecule has 0 saturated carbocycles. The van der Waals surface area contributed by atoms with Crippen LogP contribution < -0.4 is 10.1 Å². The summed E-state index contributed by atoms with van der Waals surface area (Å²) in [6.45, 7) is 6.21. The van der Waals surface area contributed by atoms with Gasteiger partial charge in [0.1, 0.15) is 17.6 Å². The number of amides is 1. The molecule has 160 valence electrons. The first kappa shape index (κ1) is 21.1. The molecule has 2 aromatic carbocycles. The van der Waals surface area contributed by atoms with Gasteiger partial charge in [0, 0.05) is 22.7 Å². The zero-order chi connectivity index (χ0) is 22.1. The number of halogens is 1. The molecule has 0 spiro atoms. The van der Waals surface area contributed by atoms with Gasteiger partial charge in [-0.2, -0.15) is 0 Å². The van der Waals surface area contributed by atoms with Crippen molar-refractivity contribution in [3.8, 4) is 11.4 Å². The van der Waals surface area contributed by atoms with E-state index in [0.29, 0.717) is 23.1 Å².